The molecule has 21 heavy (non-hydrogen) atoms. The van der Waals surface area contributed by atoms with Crippen molar-refractivity contribution in [3.63, 3.8) is 0 Å². The summed E-state index contributed by atoms with van der Waals surface area (Å²) in [5, 5.41) is 2.55. The van der Waals surface area contributed by atoms with Crippen LogP contribution in [0, 0.1) is 18.8 Å². The van der Waals surface area contributed by atoms with E-state index in [9.17, 15) is 0 Å². The maximum absolute atomic E-state index is 6.73. The Balaban J connectivity index is 2.09. The Morgan fingerprint density at radius 1 is 1.00 bits per heavy atom. The van der Waals surface area contributed by atoms with Gasteiger partial charge >= 0.3 is 0 Å². The van der Waals surface area contributed by atoms with E-state index in [2.05, 4.69) is 64.1 Å². The molecule has 0 saturated carbocycles. The van der Waals surface area contributed by atoms with Gasteiger partial charge in [0.2, 0.25) is 0 Å². The summed E-state index contributed by atoms with van der Waals surface area (Å²) in [7, 11) is 0. The monoisotopic (exact) mass is 283 g/mol. The Morgan fingerprint density at radius 3 is 2.38 bits per heavy atom. The van der Waals surface area contributed by atoms with E-state index in [0.29, 0.717) is 11.8 Å². The van der Waals surface area contributed by atoms with E-state index in [0.717, 1.165) is 0 Å². The molecule has 2 N–H and O–H groups in total. The molecule has 2 aromatic rings. The van der Waals surface area contributed by atoms with E-state index in [1.165, 1.54) is 21.9 Å². The first kappa shape index (κ1) is 14.6. The summed E-state index contributed by atoms with van der Waals surface area (Å²) in [5.41, 5.74) is 9.29. The topological polar surface area (TPSA) is 35.2 Å². The molecule has 0 spiro atoms. The molecule has 0 amide bonds. The molecule has 5 unspecified atom stereocenters. The lowest BCUT2D eigenvalue weighted by molar-refractivity contribution is 0.0490. The zero-order valence-electron chi connectivity index (χ0n) is 13.3. The maximum Gasteiger partial charge on any atom is 0.0600 e. The Morgan fingerprint density at radius 2 is 1.71 bits per heavy atom. The fourth-order valence-electron chi connectivity index (χ4n) is 3.95. The third kappa shape index (κ3) is 2.37. The van der Waals surface area contributed by atoms with Crippen molar-refractivity contribution >= 4 is 10.8 Å². The largest absolute Gasteiger partial charge is 0.375 e. The number of ether oxygens (including phenoxy) is 1. The minimum Gasteiger partial charge on any atom is -0.375 e. The van der Waals surface area contributed by atoms with Gasteiger partial charge in [-0.3, -0.25) is 0 Å². The van der Waals surface area contributed by atoms with Crippen LogP contribution >= 0.6 is 0 Å². The van der Waals surface area contributed by atoms with Gasteiger partial charge in [0.05, 0.1) is 12.2 Å². The third-order valence-electron chi connectivity index (χ3n) is 5.26. The van der Waals surface area contributed by atoms with Gasteiger partial charge < -0.3 is 10.5 Å². The molecule has 0 bridgehead atoms. The number of fused-ring (bicyclic) bond motifs is 1. The van der Waals surface area contributed by atoms with Gasteiger partial charge in [-0.15, -0.1) is 0 Å². The van der Waals surface area contributed by atoms with Crippen LogP contribution in [0.15, 0.2) is 36.4 Å². The normalized spacial score (nSPS) is 30.7. The average Bonchev–Trinajstić information content (AvgIpc) is 2.71. The molecule has 112 valence electrons. The number of aryl methyl sites for hydroxylation is 1. The second kappa shape index (κ2) is 5.43. The van der Waals surface area contributed by atoms with Crippen molar-refractivity contribution in [2.45, 2.75) is 45.9 Å². The van der Waals surface area contributed by atoms with E-state index >= 15 is 0 Å². The van der Waals surface area contributed by atoms with Crippen LogP contribution in [0.5, 0.6) is 0 Å². The summed E-state index contributed by atoms with van der Waals surface area (Å²) in [4.78, 5) is 0. The molecule has 1 aliphatic heterocycles. The molecular weight excluding hydrogens is 258 g/mol. The minimum absolute atomic E-state index is 0.0195. The van der Waals surface area contributed by atoms with Crippen LogP contribution in [-0.2, 0) is 4.74 Å². The van der Waals surface area contributed by atoms with Gasteiger partial charge in [0.15, 0.2) is 0 Å². The van der Waals surface area contributed by atoms with Crippen molar-refractivity contribution in [3.05, 3.63) is 47.5 Å². The molecule has 2 heteroatoms. The smallest absolute Gasteiger partial charge is 0.0600 e. The van der Waals surface area contributed by atoms with Crippen LogP contribution in [0.4, 0.5) is 0 Å². The molecule has 1 aliphatic rings. The Bertz CT molecular complexity index is 651. The van der Waals surface area contributed by atoms with E-state index < -0.39 is 0 Å². The van der Waals surface area contributed by atoms with E-state index in [-0.39, 0.29) is 18.2 Å². The predicted molar refractivity (Wildman–Crippen MR) is 88.3 cm³/mol. The minimum atomic E-state index is 0.0195. The van der Waals surface area contributed by atoms with Gasteiger partial charge in [-0.2, -0.15) is 0 Å². The van der Waals surface area contributed by atoms with Crippen molar-refractivity contribution < 1.29 is 4.74 Å². The second-order valence-electron chi connectivity index (χ2n) is 6.53. The fourth-order valence-corrected chi connectivity index (χ4v) is 3.95. The highest BCUT2D eigenvalue weighted by Crippen LogP contribution is 2.41. The van der Waals surface area contributed by atoms with Crippen molar-refractivity contribution in [1.82, 2.24) is 0 Å². The third-order valence-corrected chi connectivity index (χ3v) is 5.26. The standard InChI is InChI=1S/C19H25NO/c1-11-9-10-15-7-5-6-8-16(15)17(11)19(20)18-12(2)13(3)21-14(18)4/h5-10,12-14,18-19H,20H2,1-4H3. The number of hydrogen-bond acceptors (Lipinski definition) is 2. The highest BCUT2D eigenvalue weighted by Gasteiger charge is 2.41. The van der Waals surface area contributed by atoms with Crippen LogP contribution in [0.25, 0.3) is 10.8 Å². The quantitative estimate of drug-likeness (QED) is 0.896. The van der Waals surface area contributed by atoms with Gasteiger partial charge in [-0.25, -0.2) is 0 Å². The first-order valence-corrected chi connectivity index (χ1v) is 7.90. The molecule has 1 fully saturated rings. The Hall–Kier alpha value is -1.38. The van der Waals surface area contributed by atoms with Crippen LogP contribution < -0.4 is 5.73 Å². The van der Waals surface area contributed by atoms with Crippen LogP contribution in [0.3, 0.4) is 0 Å². The van der Waals surface area contributed by atoms with Gasteiger partial charge in [0, 0.05) is 12.0 Å². The molecule has 0 aliphatic carbocycles. The lowest BCUT2D eigenvalue weighted by atomic mass is 9.78. The Labute approximate surface area is 127 Å². The SMILES string of the molecule is Cc1ccc2ccccc2c1C(N)C1C(C)OC(C)C1C. The van der Waals surface area contributed by atoms with E-state index in [4.69, 9.17) is 10.5 Å². The highest BCUT2D eigenvalue weighted by molar-refractivity contribution is 5.87. The summed E-state index contributed by atoms with van der Waals surface area (Å²) in [6.45, 7) is 8.74. The summed E-state index contributed by atoms with van der Waals surface area (Å²) in [5.74, 6) is 0.845. The highest BCUT2D eigenvalue weighted by atomic mass is 16.5. The van der Waals surface area contributed by atoms with Gasteiger partial charge in [0.25, 0.3) is 0 Å². The number of hydrogen-bond donors (Lipinski definition) is 1. The molecule has 2 nitrogen and oxygen atoms in total. The fraction of sp³-hybridized carbons (Fsp3) is 0.474. The average molecular weight is 283 g/mol. The van der Waals surface area contributed by atoms with Gasteiger partial charge in [-0.1, -0.05) is 43.3 Å². The van der Waals surface area contributed by atoms with Crippen molar-refractivity contribution in [1.29, 1.82) is 0 Å². The lowest BCUT2D eigenvalue weighted by Crippen LogP contribution is -2.31. The molecule has 1 heterocycles. The summed E-state index contributed by atoms with van der Waals surface area (Å²) in [6, 6.07) is 12.9. The van der Waals surface area contributed by atoms with E-state index in [1.807, 2.05) is 0 Å². The number of nitrogens with two attached hydrogens (primary N) is 1. The Kier molecular flexibility index (Phi) is 3.76. The predicted octanol–water partition coefficient (Wildman–Crippen LogP) is 4.21. The number of rotatable bonds is 2. The maximum atomic E-state index is 6.73. The second-order valence-corrected chi connectivity index (χ2v) is 6.53. The summed E-state index contributed by atoms with van der Waals surface area (Å²) in [6.07, 6.45) is 0.495. The first-order chi connectivity index (χ1) is 10.0. The molecule has 0 aromatic heterocycles. The molecule has 5 atom stereocenters. The zero-order chi connectivity index (χ0) is 15.1. The van der Waals surface area contributed by atoms with Crippen molar-refractivity contribution in [3.8, 4) is 0 Å². The van der Waals surface area contributed by atoms with Crippen LogP contribution in [-0.4, -0.2) is 12.2 Å². The van der Waals surface area contributed by atoms with Gasteiger partial charge in [-0.05, 0) is 48.6 Å². The first-order valence-electron chi connectivity index (χ1n) is 7.90. The summed E-state index contributed by atoms with van der Waals surface area (Å²) >= 11 is 0. The van der Waals surface area contributed by atoms with Crippen LogP contribution in [0.1, 0.15) is 37.9 Å². The van der Waals surface area contributed by atoms with Crippen molar-refractivity contribution in [2.75, 3.05) is 0 Å². The molecular formula is C19H25NO. The molecule has 0 radical (unpaired) electrons. The van der Waals surface area contributed by atoms with Crippen molar-refractivity contribution in [2.24, 2.45) is 17.6 Å². The molecule has 3 rings (SSSR count). The van der Waals surface area contributed by atoms with E-state index in [1.54, 1.807) is 0 Å². The lowest BCUT2D eigenvalue weighted by Gasteiger charge is -2.28. The molecule has 1 saturated heterocycles. The number of benzene rings is 2. The molecule has 2 aromatic carbocycles. The van der Waals surface area contributed by atoms with Gasteiger partial charge in [0.1, 0.15) is 0 Å². The zero-order valence-corrected chi connectivity index (χ0v) is 13.3. The van der Waals surface area contributed by atoms with Crippen LogP contribution in [0.2, 0.25) is 0 Å². The summed E-state index contributed by atoms with van der Waals surface area (Å²) < 4.78 is 6.00.